The molecule has 84 valence electrons. The van der Waals surface area contributed by atoms with Gasteiger partial charge in [-0.1, -0.05) is 11.8 Å². The molecular formula is C10H8O6. The van der Waals surface area contributed by atoms with Crippen LogP contribution in [0.15, 0.2) is 0 Å². The van der Waals surface area contributed by atoms with E-state index in [4.69, 9.17) is 32.5 Å². The maximum atomic E-state index is 10.7. The monoisotopic (exact) mass is 224 g/mol. The largest absolute Gasteiger partial charge is 0.479 e. The van der Waals surface area contributed by atoms with Gasteiger partial charge in [0.1, 0.15) is 0 Å². The molecule has 0 amide bonds. The van der Waals surface area contributed by atoms with E-state index in [1.807, 2.05) is 11.8 Å². The Kier molecular flexibility index (Phi) is 3.51. The average molecular weight is 224 g/mol. The van der Waals surface area contributed by atoms with Crippen LogP contribution < -0.4 is 0 Å². The Hall–Kier alpha value is -2.02. The topological polar surface area (TPSA) is 93.1 Å². The van der Waals surface area contributed by atoms with Crippen LogP contribution in [0, 0.1) is 24.7 Å². The number of carboxylic acids is 2. The molecule has 16 heavy (non-hydrogen) atoms. The molecule has 0 radical (unpaired) electrons. The summed E-state index contributed by atoms with van der Waals surface area (Å²) >= 11 is 0. The fourth-order valence-electron chi connectivity index (χ4n) is 1.23. The number of aliphatic carboxylic acids is 2. The van der Waals surface area contributed by atoms with Gasteiger partial charge in [0, 0.05) is 0 Å². The lowest BCUT2D eigenvalue weighted by atomic mass is 10.1. The van der Waals surface area contributed by atoms with Gasteiger partial charge >= 0.3 is 11.9 Å². The molecule has 1 aliphatic heterocycles. The van der Waals surface area contributed by atoms with E-state index >= 15 is 0 Å². The summed E-state index contributed by atoms with van der Waals surface area (Å²) in [6.07, 6.45) is 4.57. The zero-order chi connectivity index (χ0) is 12.3. The Bertz CT molecular complexity index is 349. The van der Waals surface area contributed by atoms with Crippen LogP contribution in [-0.2, 0) is 19.1 Å². The van der Waals surface area contributed by atoms with Crippen molar-refractivity contribution in [1.82, 2.24) is 0 Å². The molecule has 4 unspecified atom stereocenters. The number of rotatable bonds is 2. The summed E-state index contributed by atoms with van der Waals surface area (Å²) < 4.78 is 9.78. The zero-order valence-electron chi connectivity index (χ0n) is 7.99. The van der Waals surface area contributed by atoms with Gasteiger partial charge < -0.3 is 19.7 Å². The minimum absolute atomic E-state index is 1.27. The molecule has 0 aliphatic carbocycles. The van der Waals surface area contributed by atoms with Gasteiger partial charge in [0.15, 0.2) is 24.4 Å². The summed E-state index contributed by atoms with van der Waals surface area (Å²) in [7, 11) is 0. The van der Waals surface area contributed by atoms with Crippen molar-refractivity contribution in [3.63, 3.8) is 0 Å². The van der Waals surface area contributed by atoms with E-state index in [9.17, 15) is 9.59 Å². The molecule has 0 bridgehead atoms. The van der Waals surface area contributed by atoms with Crippen molar-refractivity contribution in [2.45, 2.75) is 24.4 Å². The van der Waals surface area contributed by atoms with Crippen molar-refractivity contribution in [3.8, 4) is 24.7 Å². The van der Waals surface area contributed by atoms with E-state index < -0.39 is 36.4 Å². The van der Waals surface area contributed by atoms with Crippen molar-refractivity contribution >= 4 is 11.9 Å². The normalized spacial score (nSPS) is 33.4. The lowest BCUT2D eigenvalue weighted by Crippen LogP contribution is -2.54. The highest BCUT2D eigenvalue weighted by atomic mass is 16.6. The second kappa shape index (κ2) is 4.67. The Morgan fingerprint density at radius 2 is 1.25 bits per heavy atom. The van der Waals surface area contributed by atoms with Crippen LogP contribution in [0.4, 0.5) is 0 Å². The summed E-state index contributed by atoms with van der Waals surface area (Å²) in [6.45, 7) is 0. The smallest absolute Gasteiger partial charge is 0.336 e. The van der Waals surface area contributed by atoms with Crippen LogP contribution in [0.3, 0.4) is 0 Å². The number of carboxylic acid groups (broad SMARTS) is 2. The number of hydrogen-bond acceptors (Lipinski definition) is 4. The summed E-state index contributed by atoms with van der Waals surface area (Å²) in [5.41, 5.74) is 0. The predicted molar refractivity (Wildman–Crippen MR) is 50.3 cm³/mol. The second-order valence-corrected chi connectivity index (χ2v) is 2.96. The molecule has 1 heterocycles. The zero-order valence-corrected chi connectivity index (χ0v) is 7.99. The minimum atomic E-state index is -1.46. The van der Waals surface area contributed by atoms with Gasteiger partial charge in [-0.05, 0) is 0 Å². The summed E-state index contributed by atoms with van der Waals surface area (Å²) in [4.78, 5) is 21.5. The van der Waals surface area contributed by atoms with Gasteiger partial charge in [-0.3, -0.25) is 0 Å². The molecular weight excluding hydrogens is 216 g/mol. The molecule has 6 heteroatoms. The molecule has 0 aromatic carbocycles. The summed E-state index contributed by atoms with van der Waals surface area (Å²) in [6, 6.07) is 0. The Labute approximate surface area is 91.2 Å². The van der Waals surface area contributed by atoms with Crippen molar-refractivity contribution in [3.05, 3.63) is 0 Å². The molecule has 1 rings (SSSR count). The first-order valence-corrected chi connectivity index (χ1v) is 4.20. The number of ether oxygens (including phenoxy) is 2. The fraction of sp³-hybridized carbons (Fsp3) is 0.400. The summed E-state index contributed by atoms with van der Waals surface area (Å²) in [5, 5.41) is 17.5. The van der Waals surface area contributed by atoms with Gasteiger partial charge in [-0.15, -0.1) is 12.8 Å². The van der Waals surface area contributed by atoms with Crippen molar-refractivity contribution in [2.24, 2.45) is 0 Å². The molecule has 0 aromatic heterocycles. The highest BCUT2D eigenvalue weighted by molar-refractivity contribution is 5.77. The van der Waals surface area contributed by atoms with E-state index in [1.54, 1.807) is 0 Å². The third-order valence-corrected chi connectivity index (χ3v) is 1.95. The Balaban J connectivity index is 2.94. The Morgan fingerprint density at radius 3 is 1.44 bits per heavy atom. The highest BCUT2D eigenvalue weighted by Gasteiger charge is 2.44. The second-order valence-electron chi connectivity index (χ2n) is 2.96. The fourth-order valence-corrected chi connectivity index (χ4v) is 1.23. The maximum Gasteiger partial charge on any atom is 0.336 e. The summed E-state index contributed by atoms with van der Waals surface area (Å²) in [5.74, 6) is 1.30. The van der Waals surface area contributed by atoms with E-state index in [0.717, 1.165) is 0 Å². The molecule has 1 fully saturated rings. The maximum absolute atomic E-state index is 10.7. The first kappa shape index (κ1) is 12.1. The van der Waals surface area contributed by atoms with Gasteiger partial charge in [0.2, 0.25) is 0 Å². The van der Waals surface area contributed by atoms with Crippen LogP contribution in [0.25, 0.3) is 0 Å². The third-order valence-electron chi connectivity index (χ3n) is 1.95. The number of hydrogen-bond donors (Lipinski definition) is 2. The van der Waals surface area contributed by atoms with Crippen LogP contribution in [0.2, 0.25) is 0 Å². The van der Waals surface area contributed by atoms with E-state index in [0.29, 0.717) is 0 Å². The van der Waals surface area contributed by atoms with Crippen LogP contribution in [0.1, 0.15) is 0 Å². The first-order chi connectivity index (χ1) is 7.51. The molecule has 6 nitrogen and oxygen atoms in total. The SMILES string of the molecule is C#CC1OC(C(=O)O)C(C#C)OC1C(=O)O. The lowest BCUT2D eigenvalue weighted by molar-refractivity contribution is -0.210. The predicted octanol–water partition coefficient (Wildman–Crippen LogP) is -1.06. The molecule has 2 N–H and O–H groups in total. The lowest BCUT2D eigenvalue weighted by Gasteiger charge is -2.33. The van der Waals surface area contributed by atoms with Crippen molar-refractivity contribution in [2.75, 3.05) is 0 Å². The van der Waals surface area contributed by atoms with Gasteiger partial charge in [0.25, 0.3) is 0 Å². The van der Waals surface area contributed by atoms with Gasteiger partial charge in [0.05, 0.1) is 0 Å². The van der Waals surface area contributed by atoms with E-state index in [1.165, 1.54) is 0 Å². The molecule has 0 aromatic rings. The Morgan fingerprint density at radius 1 is 0.938 bits per heavy atom. The van der Waals surface area contributed by atoms with Crippen LogP contribution >= 0.6 is 0 Å². The molecule has 0 spiro atoms. The van der Waals surface area contributed by atoms with Crippen LogP contribution in [-0.4, -0.2) is 46.6 Å². The molecule has 1 aliphatic rings. The number of terminal acetylenes is 2. The average Bonchev–Trinajstić information content (AvgIpc) is 2.26. The van der Waals surface area contributed by atoms with Crippen molar-refractivity contribution in [1.29, 1.82) is 0 Å². The van der Waals surface area contributed by atoms with Gasteiger partial charge in [-0.2, -0.15) is 0 Å². The third kappa shape index (κ3) is 2.14. The number of carbonyl (C=O) groups is 2. The standard InChI is InChI=1S/C10H8O6/c1-3-5-7(9(11)12)16-6(4-2)8(15-5)10(13)14/h1-2,5-8H,(H,11,12)(H,13,14). The molecule has 1 saturated heterocycles. The highest BCUT2D eigenvalue weighted by Crippen LogP contribution is 2.20. The van der Waals surface area contributed by atoms with Gasteiger partial charge in [-0.25, -0.2) is 9.59 Å². The quantitative estimate of drug-likeness (QED) is 0.581. The van der Waals surface area contributed by atoms with Crippen molar-refractivity contribution < 1.29 is 29.3 Å². The minimum Gasteiger partial charge on any atom is -0.479 e. The van der Waals surface area contributed by atoms with E-state index in [-0.39, 0.29) is 0 Å². The van der Waals surface area contributed by atoms with E-state index in [2.05, 4.69) is 0 Å². The first-order valence-electron chi connectivity index (χ1n) is 4.20. The van der Waals surface area contributed by atoms with Crippen LogP contribution in [0.5, 0.6) is 0 Å². The molecule has 4 atom stereocenters. The molecule has 0 saturated carbocycles.